The van der Waals surface area contributed by atoms with E-state index in [0.717, 1.165) is 11.5 Å². The van der Waals surface area contributed by atoms with Crippen molar-refractivity contribution in [3.63, 3.8) is 0 Å². The molecular weight excluding hydrogens is 400 g/mol. The predicted molar refractivity (Wildman–Crippen MR) is 145 cm³/mol. The molecule has 3 aromatic carbocycles. The largest absolute Gasteiger partial charge is 0.285 e. The normalized spacial score (nSPS) is 9.67. The van der Waals surface area contributed by atoms with Crippen molar-refractivity contribution in [2.75, 3.05) is 0 Å². The summed E-state index contributed by atoms with van der Waals surface area (Å²) in [5.74, 6) is 6.60. The summed E-state index contributed by atoms with van der Waals surface area (Å²) in [6.07, 6.45) is 5.09. The third-order valence-electron chi connectivity index (χ3n) is 5.53. The second-order valence-corrected chi connectivity index (χ2v) is 8.26. The average Bonchev–Trinajstić information content (AvgIpc) is 2.88. The summed E-state index contributed by atoms with van der Waals surface area (Å²) in [5, 5.41) is 0. The molecule has 1 heteroatoms. The summed E-state index contributed by atoms with van der Waals surface area (Å²) in [4.78, 5) is 10.4. The van der Waals surface area contributed by atoms with E-state index in [1.807, 2.05) is 30.3 Å². The molecule has 0 unspecified atom stereocenters. The Morgan fingerprint density at radius 2 is 1.18 bits per heavy atom. The van der Waals surface area contributed by atoms with E-state index in [-0.39, 0.29) is 7.21 Å². The molecule has 0 saturated heterocycles. The van der Waals surface area contributed by atoms with Crippen LogP contribution in [0.2, 0.25) is 0 Å². The lowest BCUT2D eigenvalue weighted by Gasteiger charge is -2.17. The van der Waals surface area contributed by atoms with Gasteiger partial charge < -0.3 is 0 Å². The number of carbonyl (C=O) groups excluding carboxylic acids is 1. The third kappa shape index (κ3) is 12.5. The van der Waals surface area contributed by atoms with Gasteiger partial charge in [0.25, 0.3) is 0 Å². The van der Waals surface area contributed by atoms with Gasteiger partial charge in [0.15, 0.2) is 0 Å². The SMILES string of the molecule is CC(=O)C#Cc1ccccc1.CCC(C)CC.CCCC(c1ccccc1)c1ccccc1.[HH]. The van der Waals surface area contributed by atoms with Crippen LogP contribution in [-0.4, -0.2) is 5.78 Å². The molecule has 0 spiro atoms. The zero-order chi connectivity index (χ0) is 24.3. The Morgan fingerprint density at radius 3 is 1.52 bits per heavy atom. The highest BCUT2D eigenvalue weighted by molar-refractivity contribution is 5.93. The van der Waals surface area contributed by atoms with Gasteiger partial charge in [-0.05, 0) is 41.5 Å². The van der Waals surface area contributed by atoms with Crippen molar-refractivity contribution >= 4 is 5.78 Å². The number of ketones is 1. The highest BCUT2D eigenvalue weighted by atomic mass is 16.1. The first-order valence-electron chi connectivity index (χ1n) is 12.2. The van der Waals surface area contributed by atoms with Gasteiger partial charge in [-0.15, -0.1) is 0 Å². The fourth-order valence-electron chi connectivity index (χ4n) is 3.16. The summed E-state index contributed by atoms with van der Waals surface area (Å²) < 4.78 is 0. The van der Waals surface area contributed by atoms with Crippen molar-refractivity contribution in [2.24, 2.45) is 5.92 Å². The minimum absolute atomic E-state index is 0. The van der Waals surface area contributed by atoms with E-state index >= 15 is 0 Å². The minimum atomic E-state index is -0.103. The number of rotatable bonds is 6. The maximum absolute atomic E-state index is 10.4. The van der Waals surface area contributed by atoms with Gasteiger partial charge in [0, 0.05) is 19.8 Å². The summed E-state index contributed by atoms with van der Waals surface area (Å²) in [5.41, 5.74) is 3.73. The van der Waals surface area contributed by atoms with Crippen molar-refractivity contribution in [1.29, 1.82) is 0 Å². The predicted octanol–water partition coefficient (Wildman–Crippen LogP) is 8.93. The molecule has 0 aromatic heterocycles. The molecule has 1 nitrogen and oxygen atoms in total. The molecule has 0 fully saturated rings. The Balaban J connectivity index is 0.000000528. The summed E-state index contributed by atoms with van der Waals surface area (Å²) in [6, 6.07) is 31.0. The molecule has 0 amide bonds. The first-order chi connectivity index (χ1) is 16.0. The zero-order valence-corrected chi connectivity index (χ0v) is 21.1. The molecule has 0 aliphatic heterocycles. The average molecular weight is 443 g/mol. The van der Waals surface area contributed by atoms with E-state index in [9.17, 15) is 4.79 Å². The molecule has 0 aliphatic rings. The van der Waals surface area contributed by atoms with Crippen LogP contribution >= 0.6 is 0 Å². The maximum Gasteiger partial charge on any atom is 0.202 e. The monoisotopic (exact) mass is 442 g/mol. The van der Waals surface area contributed by atoms with Crippen LogP contribution < -0.4 is 0 Å². The van der Waals surface area contributed by atoms with Crippen molar-refractivity contribution in [1.82, 2.24) is 0 Å². The van der Waals surface area contributed by atoms with Crippen LogP contribution in [0.5, 0.6) is 0 Å². The number of benzene rings is 3. The van der Waals surface area contributed by atoms with Crippen LogP contribution in [0.25, 0.3) is 0 Å². The molecule has 0 atom stereocenters. The van der Waals surface area contributed by atoms with Crippen LogP contribution in [0.1, 0.15) is 84.3 Å². The standard InChI is InChI=1S/C16H18.C10H8O.C6H14.H2/c1-2-9-16(14-10-5-3-6-11-14)15-12-7-4-8-13-15;1-9(11)7-8-10-5-3-2-4-6-10;1-4-6(3)5-2;/h3-8,10-13,16H,2,9H2,1H3;2-6H,1H3;6H,4-5H2,1-3H3;1H. The molecule has 0 N–H and O–H groups in total. The van der Waals surface area contributed by atoms with Crippen molar-refractivity contribution in [2.45, 2.75) is 66.2 Å². The van der Waals surface area contributed by atoms with E-state index in [1.165, 1.54) is 43.7 Å². The molecule has 0 bridgehead atoms. The maximum atomic E-state index is 10.4. The smallest absolute Gasteiger partial charge is 0.202 e. The van der Waals surface area contributed by atoms with Gasteiger partial charge in [-0.3, -0.25) is 4.79 Å². The molecule has 3 rings (SSSR count). The Hall–Kier alpha value is -3.11. The number of Topliss-reactive ketones (excluding diaryl/α,β-unsaturated/α-hetero) is 1. The van der Waals surface area contributed by atoms with Gasteiger partial charge in [-0.1, -0.05) is 132 Å². The van der Waals surface area contributed by atoms with Gasteiger partial charge in [-0.25, -0.2) is 0 Å². The second-order valence-electron chi connectivity index (χ2n) is 8.26. The number of hydrogen-bond acceptors (Lipinski definition) is 1. The molecule has 3 aromatic rings. The molecular formula is C32H42O. The van der Waals surface area contributed by atoms with E-state index in [0.29, 0.717) is 5.92 Å². The topological polar surface area (TPSA) is 17.1 Å². The van der Waals surface area contributed by atoms with Crippen LogP contribution in [0.15, 0.2) is 91.0 Å². The highest BCUT2D eigenvalue weighted by Gasteiger charge is 2.11. The molecule has 33 heavy (non-hydrogen) atoms. The fourth-order valence-corrected chi connectivity index (χ4v) is 3.16. The van der Waals surface area contributed by atoms with Crippen molar-refractivity contribution in [3.8, 4) is 11.8 Å². The third-order valence-corrected chi connectivity index (χ3v) is 5.53. The van der Waals surface area contributed by atoms with Crippen LogP contribution in [0, 0.1) is 17.8 Å². The van der Waals surface area contributed by atoms with E-state index < -0.39 is 0 Å². The number of hydrogen-bond donors (Lipinski definition) is 0. The summed E-state index contributed by atoms with van der Waals surface area (Å²) in [6.45, 7) is 10.4. The zero-order valence-electron chi connectivity index (χ0n) is 21.1. The first kappa shape index (κ1) is 27.9. The Kier molecular flexibility index (Phi) is 14.8. The minimum Gasteiger partial charge on any atom is -0.285 e. The van der Waals surface area contributed by atoms with Crippen molar-refractivity contribution in [3.05, 3.63) is 108 Å². The van der Waals surface area contributed by atoms with E-state index in [1.54, 1.807) is 0 Å². The molecule has 0 saturated carbocycles. The number of carbonyl (C=O) groups is 1. The Morgan fingerprint density at radius 1 is 0.758 bits per heavy atom. The Labute approximate surface area is 203 Å². The van der Waals surface area contributed by atoms with Gasteiger partial charge >= 0.3 is 0 Å². The van der Waals surface area contributed by atoms with Crippen LogP contribution in [0.4, 0.5) is 0 Å². The molecule has 0 heterocycles. The summed E-state index contributed by atoms with van der Waals surface area (Å²) in [7, 11) is 0. The molecule has 176 valence electrons. The van der Waals surface area contributed by atoms with Gasteiger partial charge in [0.1, 0.15) is 0 Å². The van der Waals surface area contributed by atoms with Gasteiger partial charge in [-0.2, -0.15) is 0 Å². The lowest BCUT2D eigenvalue weighted by Crippen LogP contribution is -2.00. The first-order valence-corrected chi connectivity index (χ1v) is 12.2. The van der Waals surface area contributed by atoms with Crippen LogP contribution in [0.3, 0.4) is 0 Å². The highest BCUT2D eigenvalue weighted by Crippen LogP contribution is 2.28. The Bertz CT molecular complexity index is 896. The van der Waals surface area contributed by atoms with Crippen LogP contribution in [-0.2, 0) is 4.79 Å². The quantitative estimate of drug-likeness (QED) is 0.348. The summed E-state index contributed by atoms with van der Waals surface area (Å²) >= 11 is 0. The van der Waals surface area contributed by atoms with E-state index in [4.69, 9.17) is 0 Å². The lowest BCUT2D eigenvalue weighted by molar-refractivity contribution is -0.111. The van der Waals surface area contributed by atoms with Gasteiger partial charge in [0.2, 0.25) is 5.78 Å². The second kappa shape index (κ2) is 17.4. The lowest BCUT2D eigenvalue weighted by atomic mass is 9.88. The fraction of sp³-hybridized carbons (Fsp3) is 0.344. The van der Waals surface area contributed by atoms with Crippen molar-refractivity contribution < 1.29 is 6.22 Å². The molecule has 0 radical (unpaired) electrons. The van der Waals surface area contributed by atoms with E-state index in [2.05, 4.69) is 100 Å². The van der Waals surface area contributed by atoms with Gasteiger partial charge in [0.05, 0.1) is 0 Å². The molecule has 0 aliphatic carbocycles.